The zero-order chi connectivity index (χ0) is 23.9. The summed E-state index contributed by atoms with van der Waals surface area (Å²) in [6, 6.07) is 20.4. The van der Waals surface area contributed by atoms with Crippen LogP contribution in [-0.4, -0.2) is 29.1 Å². The van der Waals surface area contributed by atoms with Crippen LogP contribution in [-0.2, 0) is 13.0 Å². The molecule has 0 unspecified atom stereocenters. The van der Waals surface area contributed by atoms with E-state index >= 15 is 0 Å². The highest BCUT2D eigenvalue weighted by Gasteiger charge is 2.20. The van der Waals surface area contributed by atoms with Crippen molar-refractivity contribution in [2.75, 3.05) is 13.7 Å². The molecular weight excluding hydrogens is 442 g/mol. The molecule has 0 saturated carbocycles. The van der Waals surface area contributed by atoms with Gasteiger partial charge < -0.3 is 14.6 Å². The normalized spacial score (nSPS) is 10.9. The summed E-state index contributed by atoms with van der Waals surface area (Å²) in [4.78, 5) is 17.9. The Kier molecular flexibility index (Phi) is 7.80. The number of unbranched alkanes of at least 4 members (excludes halogenated alkanes) is 1. The number of aromatic nitrogens is 2. The van der Waals surface area contributed by atoms with Gasteiger partial charge >= 0.3 is 0 Å². The Balaban J connectivity index is 1.66. The molecule has 2 heterocycles. The molecule has 0 fully saturated rings. The molecule has 5 nitrogen and oxygen atoms in total. The molecule has 0 atom stereocenters. The van der Waals surface area contributed by atoms with Crippen LogP contribution in [0.3, 0.4) is 0 Å². The Morgan fingerprint density at radius 3 is 2.59 bits per heavy atom. The minimum atomic E-state index is -0.0173. The first kappa shape index (κ1) is 23.8. The number of nitrogens with zero attached hydrogens (tertiary/aromatic N) is 2. The summed E-state index contributed by atoms with van der Waals surface area (Å²) in [6.07, 6.45) is 2.91. The van der Waals surface area contributed by atoms with Gasteiger partial charge in [0.2, 0.25) is 0 Å². The van der Waals surface area contributed by atoms with Crippen LogP contribution in [0.25, 0.3) is 22.0 Å². The van der Waals surface area contributed by atoms with E-state index in [1.807, 2.05) is 43.3 Å². The fraction of sp³-hybridized carbons (Fsp3) is 0.286. The molecule has 1 N–H and O–H groups in total. The van der Waals surface area contributed by atoms with Crippen molar-refractivity contribution in [2.45, 2.75) is 39.7 Å². The Morgan fingerprint density at radius 2 is 1.88 bits per heavy atom. The second-order valence-electron chi connectivity index (χ2n) is 8.29. The lowest BCUT2D eigenvalue weighted by Crippen LogP contribution is -2.24. The van der Waals surface area contributed by atoms with Crippen molar-refractivity contribution >= 4 is 17.2 Å². The van der Waals surface area contributed by atoms with Crippen LogP contribution in [0.4, 0.5) is 0 Å². The number of methoxy groups -OCH3 is 1. The highest BCUT2D eigenvalue weighted by molar-refractivity contribution is 7.13. The van der Waals surface area contributed by atoms with Crippen molar-refractivity contribution in [3.63, 3.8) is 0 Å². The van der Waals surface area contributed by atoms with Gasteiger partial charge in [0.05, 0.1) is 24.1 Å². The van der Waals surface area contributed by atoms with Crippen LogP contribution in [0.15, 0.2) is 66.0 Å². The van der Waals surface area contributed by atoms with Crippen molar-refractivity contribution < 1.29 is 9.53 Å². The van der Waals surface area contributed by atoms with E-state index in [1.54, 1.807) is 18.4 Å². The average molecular weight is 474 g/mol. The highest BCUT2D eigenvalue weighted by Crippen LogP contribution is 2.32. The molecule has 0 bridgehead atoms. The summed E-state index contributed by atoms with van der Waals surface area (Å²) in [7, 11) is 1.67. The third-order valence-electron chi connectivity index (χ3n) is 6.00. The highest BCUT2D eigenvalue weighted by atomic mass is 32.1. The molecule has 0 aliphatic heterocycles. The molecule has 0 aliphatic carbocycles. The number of rotatable bonds is 10. The van der Waals surface area contributed by atoms with Crippen molar-refractivity contribution in [1.82, 2.24) is 14.9 Å². The number of hydrogen-bond donors (Lipinski definition) is 1. The minimum absolute atomic E-state index is 0.0173. The second-order valence-corrected chi connectivity index (χ2v) is 9.15. The summed E-state index contributed by atoms with van der Waals surface area (Å²) in [5, 5.41) is 6.09. The van der Waals surface area contributed by atoms with Gasteiger partial charge in [-0.2, -0.15) is 0 Å². The lowest BCUT2D eigenvalue weighted by molar-refractivity contribution is 0.0952. The third-order valence-corrected chi connectivity index (χ3v) is 6.89. The molecule has 176 valence electrons. The Hall–Kier alpha value is -3.38. The zero-order valence-corrected chi connectivity index (χ0v) is 20.8. The number of aryl methyl sites for hydroxylation is 1. The molecule has 4 aromatic rings. The van der Waals surface area contributed by atoms with Gasteiger partial charge in [-0.05, 0) is 55.7 Å². The predicted molar refractivity (Wildman–Crippen MR) is 140 cm³/mol. The summed E-state index contributed by atoms with van der Waals surface area (Å²) in [6.45, 7) is 5.62. The van der Waals surface area contributed by atoms with Gasteiger partial charge in [-0.25, -0.2) is 4.98 Å². The molecule has 34 heavy (non-hydrogen) atoms. The van der Waals surface area contributed by atoms with Crippen LogP contribution in [0.2, 0.25) is 0 Å². The van der Waals surface area contributed by atoms with Gasteiger partial charge in [0, 0.05) is 29.7 Å². The van der Waals surface area contributed by atoms with Gasteiger partial charge in [0.1, 0.15) is 10.8 Å². The summed E-state index contributed by atoms with van der Waals surface area (Å²) in [5.41, 5.74) is 5.88. The molecule has 1 amide bonds. The maximum Gasteiger partial charge on any atom is 0.253 e. The van der Waals surface area contributed by atoms with Gasteiger partial charge in [-0.15, -0.1) is 11.3 Å². The van der Waals surface area contributed by atoms with Crippen LogP contribution in [0, 0.1) is 6.92 Å². The van der Waals surface area contributed by atoms with Crippen molar-refractivity contribution in [3.8, 4) is 27.7 Å². The Morgan fingerprint density at radius 1 is 1.12 bits per heavy atom. The number of thiazole rings is 1. The maximum absolute atomic E-state index is 12.9. The first-order valence-corrected chi connectivity index (χ1v) is 12.6. The molecular formula is C28H31N3O2S. The second kappa shape index (κ2) is 11.2. The molecule has 4 rings (SSSR count). The summed E-state index contributed by atoms with van der Waals surface area (Å²) < 4.78 is 7.50. The summed E-state index contributed by atoms with van der Waals surface area (Å²) in [5.74, 6) is 0.806. The molecule has 0 radical (unpaired) electrons. The number of carbonyl (C=O) groups excluding carboxylic acids is 1. The lowest BCUT2D eigenvalue weighted by Gasteiger charge is -2.11. The monoisotopic (exact) mass is 473 g/mol. The van der Waals surface area contributed by atoms with E-state index in [1.165, 1.54) is 5.56 Å². The largest absolute Gasteiger partial charge is 0.497 e. The average Bonchev–Trinajstić information content (AvgIpc) is 3.48. The van der Waals surface area contributed by atoms with E-state index in [4.69, 9.17) is 9.72 Å². The topological polar surface area (TPSA) is 56.1 Å². The first-order valence-electron chi connectivity index (χ1n) is 11.7. The quantitative estimate of drug-likeness (QED) is 0.272. The van der Waals surface area contributed by atoms with Gasteiger partial charge in [0.25, 0.3) is 5.91 Å². The predicted octanol–water partition coefficient (Wildman–Crippen LogP) is 6.37. The third kappa shape index (κ3) is 5.39. The number of benzene rings is 2. The fourth-order valence-electron chi connectivity index (χ4n) is 3.99. The van der Waals surface area contributed by atoms with Crippen LogP contribution in [0.1, 0.15) is 41.4 Å². The Labute approximate surface area is 205 Å². The van der Waals surface area contributed by atoms with Crippen LogP contribution < -0.4 is 10.1 Å². The number of ether oxygens (including phenoxy) is 1. The lowest BCUT2D eigenvalue weighted by atomic mass is 10.1. The number of hydrogen-bond acceptors (Lipinski definition) is 4. The molecule has 0 aliphatic rings. The van der Waals surface area contributed by atoms with E-state index < -0.39 is 0 Å². The van der Waals surface area contributed by atoms with E-state index in [9.17, 15) is 4.79 Å². The van der Waals surface area contributed by atoms with Gasteiger partial charge in [0.15, 0.2) is 0 Å². The van der Waals surface area contributed by atoms with Crippen molar-refractivity contribution in [2.24, 2.45) is 0 Å². The van der Waals surface area contributed by atoms with E-state index in [0.29, 0.717) is 6.54 Å². The molecule has 0 spiro atoms. The molecule has 2 aromatic heterocycles. The van der Waals surface area contributed by atoms with Crippen LogP contribution >= 0.6 is 11.3 Å². The smallest absolute Gasteiger partial charge is 0.253 e. The fourth-order valence-corrected chi connectivity index (χ4v) is 4.81. The number of amides is 1. The molecule has 0 saturated heterocycles. The van der Waals surface area contributed by atoms with Gasteiger partial charge in [-0.3, -0.25) is 4.79 Å². The number of nitrogens with one attached hydrogen (secondary N) is 1. The van der Waals surface area contributed by atoms with Gasteiger partial charge in [-0.1, -0.05) is 43.7 Å². The molecule has 2 aromatic carbocycles. The number of carbonyl (C=O) groups is 1. The maximum atomic E-state index is 12.9. The Bertz CT molecular complexity index is 1230. The minimum Gasteiger partial charge on any atom is -0.497 e. The van der Waals surface area contributed by atoms with E-state index in [2.05, 4.69) is 46.5 Å². The standard InChI is InChI=1S/C28H31N3O2S/c1-4-5-16-29-27(32)24-18-26(31(20(24)2)17-15-21-9-7-6-8-10-21)25-19-34-28(30-25)22-11-13-23(33-3)14-12-22/h6-14,18-19H,4-5,15-17H2,1-3H3,(H,29,32). The van der Waals surface area contributed by atoms with E-state index in [-0.39, 0.29) is 5.91 Å². The zero-order valence-electron chi connectivity index (χ0n) is 20.0. The van der Waals surface area contributed by atoms with Crippen molar-refractivity contribution in [1.29, 1.82) is 0 Å². The summed E-state index contributed by atoms with van der Waals surface area (Å²) >= 11 is 1.61. The van der Waals surface area contributed by atoms with E-state index in [0.717, 1.165) is 64.8 Å². The van der Waals surface area contributed by atoms with Crippen molar-refractivity contribution in [3.05, 3.63) is 82.9 Å². The SMILES string of the molecule is CCCCNC(=O)c1cc(-c2csc(-c3ccc(OC)cc3)n2)n(CCc2ccccc2)c1C. The van der Waals surface area contributed by atoms with Crippen LogP contribution in [0.5, 0.6) is 5.75 Å². The molecule has 6 heteroatoms. The first-order chi connectivity index (χ1) is 16.6.